The summed E-state index contributed by atoms with van der Waals surface area (Å²) in [6, 6.07) is 0. The highest BCUT2D eigenvalue weighted by atomic mass is 16.5. The van der Waals surface area contributed by atoms with Gasteiger partial charge in [0.05, 0.1) is 6.20 Å². The maximum Gasteiger partial charge on any atom is 0.145 e. The zero-order valence-corrected chi connectivity index (χ0v) is 9.84. The second-order valence-corrected chi connectivity index (χ2v) is 5.40. The fourth-order valence-corrected chi connectivity index (χ4v) is 2.23. The van der Waals surface area contributed by atoms with E-state index in [0.717, 1.165) is 18.8 Å². The van der Waals surface area contributed by atoms with Crippen molar-refractivity contribution in [3.05, 3.63) is 17.5 Å². The predicted molar refractivity (Wildman–Crippen MR) is 60.0 cm³/mol. The van der Waals surface area contributed by atoms with E-state index in [9.17, 15) is 0 Å². The minimum Gasteiger partial charge on any atom is -0.361 e. The smallest absolute Gasteiger partial charge is 0.145 e. The van der Waals surface area contributed by atoms with Gasteiger partial charge in [-0.25, -0.2) is 0 Å². The maximum absolute atomic E-state index is 5.40. The highest BCUT2D eigenvalue weighted by Gasteiger charge is 2.28. The minimum absolute atomic E-state index is 0.0588. The molecule has 0 amide bonds. The van der Waals surface area contributed by atoms with Gasteiger partial charge >= 0.3 is 0 Å². The molecule has 0 bridgehead atoms. The van der Waals surface area contributed by atoms with E-state index in [4.69, 9.17) is 4.52 Å². The third-order valence-corrected chi connectivity index (χ3v) is 3.02. The molecule has 1 N–H and O–H groups in total. The highest BCUT2D eigenvalue weighted by molar-refractivity contribution is 5.25. The number of rotatable bonds is 1. The Labute approximate surface area is 91.2 Å². The average Bonchev–Trinajstić information content (AvgIpc) is 2.67. The van der Waals surface area contributed by atoms with E-state index >= 15 is 0 Å². The van der Waals surface area contributed by atoms with Gasteiger partial charge in [-0.2, -0.15) is 0 Å². The van der Waals surface area contributed by atoms with Crippen molar-refractivity contribution in [2.75, 3.05) is 13.1 Å². The third-order valence-electron chi connectivity index (χ3n) is 3.02. The predicted octanol–water partition coefficient (Wildman–Crippen LogP) is 2.44. The van der Waals surface area contributed by atoms with Crippen LogP contribution < -0.4 is 5.32 Å². The van der Waals surface area contributed by atoms with Crippen LogP contribution in [-0.4, -0.2) is 18.2 Å². The van der Waals surface area contributed by atoms with Crippen molar-refractivity contribution in [3.8, 4) is 0 Å². The van der Waals surface area contributed by atoms with Gasteiger partial charge in [-0.3, -0.25) is 0 Å². The lowest BCUT2D eigenvalue weighted by atomic mass is 9.84. The van der Waals surface area contributed by atoms with Gasteiger partial charge in [0, 0.05) is 23.4 Å². The van der Waals surface area contributed by atoms with E-state index in [1.807, 2.05) is 6.20 Å². The first-order valence-corrected chi connectivity index (χ1v) is 5.75. The van der Waals surface area contributed by atoms with Crippen LogP contribution in [-0.2, 0) is 5.41 Å². The summed E-state index contributed by atoms with van der Waals surface area (Å²) in [5.74, 6) is 1.63. The van der Waals surface area contributed by atoms with Crippen molar-refractivity contribution >= 4 is 0 Å². The van der Waals surface area contributed by atoms with Gasteiger partial charge in [-0.15, -0.1) is 0 Å². The van der Waals surface area contributed by atoms with Crippen LogP contribution in [0.15, 0.2) is 10.7 Å². The van der Waals surface area contributed by atoms with Crippen molar-refractivity contribution < 1.29 is 4.52 Å². The molecule has 1 aliphatic rings. The molecule has 3 nitrogen and oxygen atoms in total. The Morgan fingerprint density at radius 1 is 1.47 bits per heavy atom. The molecule has 0 aromatic carbocycles. The Morgan fingerprint density at radius 2 is 2.27 bits per heavy atom. The van der Waals surface area contributed by atoms with Crippen LogP contribution in [0.3, 0.4) is 0 Å². The van der Waals surface area contributed by atoms with Crippen molar-refractivity contribution in [2.24, 2.45) is 0 Å². The summed E-state index contributed by atoms with van der Waals surface area (Å²) in [6.45, 7) is 8.73. The fraction of sp³-hybridized carbons (Fsp3) is 0.750. The number of aromatic nitrogens is 1. The summed E-state index contributed by atoms with van der Waals surface area (Å²) >= 11 is 0. The molecule has 1 aromatic rings. The maximum atomic E-state index is 5.40. The quantitative estimate of drug-likeness (QED) is 0.770. The summed E-state index contributed by atoms with van der Waals surface area (Å²) < 4.78 is 5.40. The van der Waals surface area contributed by atoms with Crippen molar-refractivity contribution in [1.82, 2.24) is 10.5 Å². The molecule has 0 radical (unpaired) electrons. The first-order valence-electron chi connectivity index (χ1n) is 5.75. The zero-order chi connectivity index (χ0) is 10.9. The zero-order valence-electron chi connectivity index (χ0n) is 9.84. The molecule has 1 unspecified atom stereocenters. The van der Waals surface area contributed by atoms with Gasteiger partial charge in [-0.05, 0) is 19.4 Å². The first kappa shape index (κ1) is 10.7. The number of piperidine rings is 1. The number of nitrogens with zero attached hydrogens (tertiary/aromatic N) is 1. The van der Waals surface area contributed by atoms with Crippen LogP contribution >= 0.6 is 0 Å². The lowest BCUT2D eigenvalue weighted by Gasteiger charge is -2.25. The largest absolute Gasteiger partial charge is 0.361 e. The number of hydrogen-bond acceptors (Lipinski definition) is 3. The van der Waals surface area contributed by atoms with E-state index in [1.54, 1.807) is 0 Å². The first-order chi connectivity index (χ1) is 7.09. The molecule has 1 saturated heterocycles. The Balaban J connectivity index is 2.24. The van der Waals surface area contributed by atoms with Crippen LogP contribution in [0, 0.1) is 0 Å². The van der Waals surface area contributed by atoms with Crippen molar-refractivity contribution in [2.45, 2.75) is 44.9 Å². The molecule has 0 aliphatic carbocycles. The normalized spacial score (nSPS) is 23.0. The molecule has 0 spiro atoms. The molecule has 1 atom stereocenters. The average molecular weight is 208 g/mol. The summed E-state index contributed by atoms with van der Waals surface area (Å²) in [7, 11) is 0. The topological polar surface area (TPSA) is 38.1 Å². The lowest BCUT2D eigenvalue weighted by molar-refractivity contribution is 0.322. The van der Waals surface area contributed by atoms with Crippen molar-refractivity contribution in [3.63, 3.8) is 0 Å². The van der Waals surface area contributed by atoms with Gasteiger partial charge in [0.2, 0.25) is 0 Å². The standard InChI is InChI=1S/C12H20N2O/c1-12(2,3)11-10(8-14-15-11)9-5-4-6-13-7-9/h8-9,13H,4-7H2,1-3H3. The lowest BCUT2D eigenvalue weighted by Crippen LogP contribution is -2.29. The molecule has 2 rings (SSSR count). The second-order valence-electron chi connectivity index (χ2n) is 5.40. The fourth-order valence-electron chi connectivity index (χ4n) is 2.23. The number of nitrogens with one attached hydrogen (secondary N) is 1. The Kier molecular flexibility index (Phi) is 2.83. The highest BCUT2D eigenvalue weighted by Crippen LogP contribution is 2.33. The van der Waals surface area contributed by atoms with Gasteiger partial charge < -0.3 is 9.84 Å². The van der Waals surface area contributed by atoms with Gasteiger partial charge in [-0.1, -0.05) is 25.9 Å². The van der Waals surface area contributed by atoms with Gasteiger partial charge in [0.15, 0.2) is 0 Å². The summed E-state index contributed by atoms with van der Waals surface area (Å²) in [4.78, 5) is 0. The SMILES string of the molecule is CC(C)(C)c1oncc1C1CCCNC1. The van der Waals surface area contributed by atoms with Gasteiger partial charge in [0.1, 0.15) is 5.76 Å². The summed E-state index contributed by atoms with van der Waals surface area (Å²) in [6.07, 6.45) is 4.40. The van der Waals surface area contributed by atoms with Crippen LogP contribution in [0.25, 0.3) is 0 Å². The molecule has 0 saturated carbocycles. The minimum atomic E-state index is 0.0588. The third kappa shape index (κ3) is 2.23. The van der Waals surface area contributed by atoms with Crippen molar-refractivity contribution in [1.29, 1.82) is 0 Å². The molecule has 1 fully saturated rings. The van der Waals surface area contributed by atoms with Crippen LogP contribution in [0.4, 0.5) is 0 Å². The van der Waals surface area contributed by atoms with E-state index in [2.05, 4.69) is 31.2 Å². The Bertz CT molecular complexity index is 319. The second kappa shape index (κ2) is 3.97. The van der Waals surface area contributed by atoms with E-state index in [-0.39, 0.29) is 5.41 Å². The molecule has 15 heavy (non-hydrogen) atoms. The molecule has 1 aromatic heterocycles. The Hall–Kier alpha value is -0.830. The molecule has 2 heterocycles. The summed E-state index contributed by atoms with van der Waals surface area (Å²) in [5.41, 5.74) is 1.36. The van der Waals surface area contributed by atoms with E-state index < -0.39 is 0 Å². The van der Waals surface area contributed by atoms with Gasteiger partial charge in [0.25, 0.3) is 0 Å². The summed E-state index contributed by atoms with van der Waals surface area (Å²) in [5, 5.41) is 7.39. The van der Waals surface area contributed by atoms with Crippen LogP contribution in [0.2, 0.25) is 0 Å². The van der Waals surface area contributed by atoms with E-state index in [0.29, 0.717) is 5.92 Å². The molecule has 84 valence electrons. The van der Waals surface area contributed by atoms with Crippen LogP contribution in [0.1, 0.15) is 50.9 Å². The monoisotopic (exact) mass is 208 g/mol. The molecular formula is C12H20N2O. The molecule has 1 aliphatic heterocycles. The molecular weight excluding hydrogens is 188 g/mol. The van der Waals surface area contributed by atoms with Crippen LogP contribution in [0.5, 0.6) is 0 Å². The Morgan fingerprint density at radius 3 is 2.87 bits per heavy atom. The molecule has 3 heteroatoms. The number of hydrogen-bond donors (Lipinski definition) is 1. The van der Waals surface area contributed by atoms with E-state index in [1.165, 1.54) is 18.4 Å².